The third kappa shape index (κ3) is 8.19. The molecule has 0 aliphatic carbocycles. The highest BCUT2D eigenvalue weighted by Crippen LogP contribution is 2.52. The molecule has 2 unspecified atom stereocenters. The number of hydrogen-bond acceptors (Lipinski definition) is 10. The van der Waals surface area contributed by atoms with Gasteiger partial charge in [-0.15, -0.1) is 0 Å². The number of cyclic esters (lactones) is 1. The van der Waals surface area contributed by atoms with Gasteiger partial charge in [-0.25, -0.2) is 4.79 Å². The average molecular weight is 663 g/mol. The van der Waals surface area contributed by atoms with Crippen molar-refractivity contribution < 1.29 is 29.2 Å². The van der Waals surface area contributed by atoms with Gasteiger partial charge in [0.2, 0.25) is 0 Å². The molecular formula is C38H54N4O6. The molecule has 0 saturated heterocycles. The van der Waals surface area contributed by atoms with Crippen LogP contribution in [0.25, 0.3) is 0 Å². The van der Waals surface area contributed by atoms with Gasteiger partial charge in [-0.3, -0.25) is 20.9 Å². The summed E-state index contributed by atoms with van der Waals surface area (Å²) >= 11 is 0. The van der Waals surface area contributed by atoms with E-state index in [0.717, 1.165) is 38.9 Å². The Bertz CT molecular complexity index is 1490. The van der Waals surface area contributed by atoms with E-state index in [0.29, 0.717) is 30.2 Å². The highest BCUT2D eigenvalue weighted by Gasteiger charge is 2.51. The van der Waals surface area contributed by atoms with Gasteiger partial charge in [-0.2, -0.15) is 0 Å². The number of nitrogens with one attached hydrogen (secondary N) is 2. The van der Waals surface area contributed by atoms with Gasteiger partial charge in [-0.05, 0) is 78.3 Å². The number of ether oxygens (including phenoxy) is 3. The first kappa shape index (κ1) is 37.3. The van der Waals surface area contributed by atoms with E-state index in [9.17, 15) is 15.0 Å². The van der Waals surface area contributed by atoms with E-state index in [2.05, 4.69) is 50.7 Å². The summed E-state index contributed by atoms with van der Waals surface area (Å²) in [6.45, 7) is 13.4. The van der Waals surface area contributed by atoms with Crippen molar-refractivity contribution in [2.24, 2.45) is 0 Å². The zero-order valence-electron chi connectivity index (χ0n) is 30.2. The molecule has 262 valence electrons. The van der Waals surface area contributed by atoms with E-state index < -0.39 is 17.8 Å². The van der Waals surface area contributed by atoms with Crippen molar-refractivity contribution in [1.29, 1.82) is 0 Å². The van der Waals surface area contributed by atoms with Gasteiger partial charge in [-0.1, -0.05) is 45.9 Å². The Morgan fingerprint density at radius 1 is 0.729 bits per heavy atom. The number of rotatable bonds is 16. The molecule has 4 N–H and O–H groups in total. The van der Waals surface area contributed by atoms with Crippen molar-refractivity contribution in [3.05, 3.63) is 93.0 Å². The van der Waals surface area contributed by atoms with Gasteiger partial charge in [0.25, 0.3) is 0 Å². The maximum atomic E-state index is 13.7. The Balaban J connectivity index is 1.87. The number of carbonyl (C=O) groups is 1. The van der Waals surface area contributed by atoms with Gasteiger partial charge in [0.1, 0.15) is 36.9 Å². The van der Waals surface area contributed by atoms with E-state index in [1.165, 1.54) is 0 Å². The normalized spacial score (nSPS) is 17.3. The first-order valence-electron chi connectivity index (χ1n) is 16.7. The monoisotopic (exact) mass is 662 g/mol. The topological polar surface area (TPSA) is 116 Å². The zero-order valence-corrected chi connectivity index (χ0v) is 30.2. The molecule has 1 aliphatic rings. The minimum atomic E-state index is -1.23. The summed E-state index contributed by atoms with van der Waals surface area (Å²) in [6.07, 6.45) is -1.41. The van der Waals surface area contributed by atoms with Crippen LogP contribution in [0.15, 0.2) is 48.5 Å². The fourth-order valence-corrected chi connectivity index (χ4v) is 6.11. The lowest BCUT2D eigenvalue weighted by atomic mass is 9.72. The van der Waals surface area contributed by atoms with Crippen LogP contribution < -0.4 is 20.3 Å². The van der Waals surface area contributed by atoms with Crippen LogP contribution in [0.5, 0.6) is 11.5 Å². The maximum Gasteiger partial charge on any atom is 0.340 e. The second-order valence-corrected chi connectivity index (χ2v) is 13.8. The van der Waals surface area contributed by atoms with Crippen LogP contribution in [0, 0.1) is 13.8 Å². The number of nitrogens with zero attached hydrogens (tertiary/aromatic N) is 2. The number of carbonyl (C=O) groups excluding carboxylic acids is 1. The van der Waals surface area contributed by atoms with Gasteiger partial charge in [0, 0.05) is 58.0 Å². The number of hydrogen-bond donors (Lipinski definition) is 4. The summed E-state index contributed by atoms with van der Waals surface area (Å²) in [5.41, 5.74) is 11.7. The molecule has 4 rings (SSSR count). The molecule has 0 bridgehead atoms. The highest BCUT2D eigenvalue weighted by atomic mass is 16.6. The van der Waals surface area contributed by atoms with E-state index in [1.807, 2.05) is 78.4 Å². The minimum Gasteiger partial charge on any atom is -0.491 e. The highest BCUT2D eigenvalue weighted by molar-refractivity contribution is 5.96. The summed E-state index contributed by atoms with van der Waals surface area (Å²) < 4.78 is 19.0. The molecule has 0 aromatic heterocycles. The Hall–Kier alpha value is -3.51. The van der Waals surface area contributed by atoms with Crippen molar-refractivity contribution in [3.8, 4) is 11.5 Å². The molecule has 0 fully saturated rings. The number of esters is 1. The van der Waals surface area contributed by atoms with Crippen molar-refractivity contribution >= 4 is 5.97 Å². The standard InChI is InChI=1S/C38H54N4O6/c1-23(2)30-17-35(46-21-27(43)19-39-41(7)8)25(5)15-33(30)38(32-14-12-11-13-29(32)37(45)48-38)34-16-26(6)36(18-31(34)24(3)4)47-22-28(44)20-40-42(9)10/h11-18,23-24,27-28,39-40,43-44H,19-22H2,1-10H3. The Morgan fingerprint density at radius 3 is 1.58 bits per heavy atom. The van der Waals surface area contributed by atoms with Crippen LogP contribution in [-0.2, 0) is 10.3 Å². The smallest absolute Gasteiger partial charge is 0.340 e. The SMILES string of the molecule is Cc1cc(C2(c3cc(C)c(OCC(O)CNN(C)C)cc3C(C)C)OC(=O)c3ccccc32)c(C(C)C)cc1OCC(O)CNN(C)C. The van der Waals surface area contributed by atoms with Crippen molar-refractivity contribution in [2.45, 2.75) is 71.2 Å². The molecule has 0 spiro atoms. The summed E-state index contributed by atoms with van der Waals surface area (Å²) in [6, 6.07) is 15.8. The van der Waals surface area contributed by atoms with E-state index >= 15 is 0 Å². The van der Waals surface area contributed by atoms with Gasteiger partial charge in [0.15, 0.2) is 5.60 Å². The van der Waals surface area contributed by atoms with E-state index in [-0.39, 0.29) is 31.0 Å². The second-order valence-electron chi connectivity index (χ2n) is 13.8. The largest absolute Gasteiger partial charge is 0.491 e. The molecule has 10 nitrogen and oxygen atoms in total. The summed E-state index contributed by atoms with van der Waals surface area (Å²) in [5.74, 6) is 1.07. The van der Waals surface area contributed by atoms with Crippen LogP contribution in [0.4, 0.5) is 0 Å². The Kier molecular flexibility index (Phi) is 12.3. The molecule has 1 aliphatic heterocycles. The minimum absolute atomic E-state index is 0.0510. The number of benzene rings is 3. The number of hydrazine groups is 2. The van der Waals surface area contributed by atoms with Crippen LogP contribution in [0.1, 0.15) is 88.8 Å². The fourth-order valence-electron chi connectivity index (χ4n) is 6.11. The van der Waals surface area contributed by atoms with Crippen LogP contribution in [0.2, 0.25) is 0 Å². The summed E-state index contributed by atoms with van der Waals surface area (Å²) in [4.78, 5) is 13.7. The zero-order chi connectivity index (χ0) is 35.3. The number of aliphatic hydroxyl groups excluding tert-OH is 2. The van der Waals surface area contributed by atoms with Crippen LogP contribution in [0.3, 0.4) is 0 Å². The number of fused-ring (bicyclic) bond motifs is 1. The molecule has 48 heavy (non-hydrogen) atoms. The van der Waals surface area contributed by atoms with E-state index in [1.54, 1.807) is 10.0 Å². The molecule has 3 aromatic carbocycles. The third-order valence-corrected chi connectivity index (χ3v) is 8.62. The molecule has 0 saturated carbocycles. The van der Waals surface area contributed by atoms with Gasteiger partial charge >= 0.3 is 5.97 Å². The second kappa shape index (κ2) is 15.8. The summed E-state index contributed by atoms with van der Waals surface area (Å²) in [5, 5.41) is 24.6. The lowest BCUT2D eigenvalue weighted by Crippen LogP contribution is -2.39. The van der Waals surface area contributed by atoms with Crippen molar-refractivity contribution in [3.63, 3.8) is 0 Å². The first-order valence-corrected chi connectivity index (χ1v) is 16.7. The fraction of sp³-hybridized carbons (Fsp3) is 0.500. The molecule has 10 heteroatoms. The number of aliphatic hydroxyl groups is 2. The van der Waals surface area contributed by atoms with Gasteiger partial charge < -0.3 is 24.4 Å². The maximum absolute atomic E-state index is 13.7. The van der Waals surface area contributed by atoms with Gasteiger partial charge in [0.05, 0.1) is 5.56 Å². The van der Waals surface area contributed by atoms with Crippen molar-refractivity contribution in [1.82, 2.24) is 20.9 Å². The van der Waals surface area contributed by atoms with Crippen LogP contribution in [-0.4, -0.2) is 92.9 Å². The van der Waals surface area contributed by atoms with Crippen LogP contribution >= 0.6 is 0 Å². The summed E-state index contributed by atoms with van der Waals surface area (Å²) in [7, 11) is 7.49. The predicted molar refractivity (Wildman–Crippen MR) is 189 cm³/mol. The molecule has 0 amide bonds. The lowest BCUT2D eigenvalue weighted by molar-refractivity contribution is 0.0244. The Labute approximate surface area is 285 Å². The average Bonchev–Trinajstić information content (AvgIpc) is 3.33. The predicted octanol–water partition coefficient (Wildman–Crippen LogP) is 4.62. The Morgan fingerprint density at radius 2 is 1.17 bits per heavy atom. The molecule has 3 aromatic rings. The van der Waals surface area contributed by atoms with E-state index in [4.69, 9.17) is 14.2 Å². The number of aryl methyl sites for hydroxylation is 2. The molecule has 0 radical (unpaired) electrons. The lowest BCUT2D eigenvalue weighted by Gasteiger charge is -2.36. The first-order chi connectivity index (χ1) is 22.6. The molecule has 2 atom stereocenters. The third-order valence-electron chi connectivity index (χ3n) is 8.62. The molecular weight excluding hydrogens is 608 g/mol. The van der Waals surface area contributed by atoms with Crippen molar-refractivity contribution in [2.75, 3.05) is 54.5 Å². The molecule has 1 heterocycles. The quantitative estimate of drug-likeness (QED) is 0.128.